The first-order chi connectivity index (χ1) is 15.7. The van der Waals surface area contributed by atoms with Gasteiger partial charge in [-0.2, -0.15) is 0 Å². The van der Waals surface area contributed by atoms with Crippen LogP contribution in [0, 0.1) is 11.2 Å². The van der Waals surface area contributed by atoms with Gasteiger partial charge in [0.05, 0.1) is 5.02 Å². The van der Waals surface area contributed by atoms with E-state index in [2.05, 4.69) is 10.3 Å². The predicted molar refractivity (Wildman–Crippen MR) is 129 cm³/mol. The number of hydrogen-bond donors (Lipinski definition) is 3. The van der Waals surface area contributed by atoms with Crippen LogP contribution in [0.1, 0.15) is 43.9 Å². The maximum Gasteiger partial charge on any atom is 0.219 e. The largest absolute Gasteiger partial charge is 0.482 e. The summed E-state index contributed by atoms with van der Waals surface area (Å²) < 4.78 is 19.8. The molecule has 1 aliphatic heterocycles. The van der Waals surface area contributed by atoms with Crippen LogP contribution in [0.3, 0.4) is 0 Å². The van der Waals surface area contributed by atoms with Crippen molar-refractivity contribution in [1.82, 2.24) is 15.2 Å². The van der Waals surface area contributed by atoms with Gasteiger partial charge in [0, 0.05) is 66.4 Å². The van der Waals surface area contributed by atoms with Gasteiger partial charge in [0.1, 0.15) is 11.9 Å². The van der Waals surface area contributed by atoms with E-state index in [4.69, 9.17) is 39.1 Å². The van der Waals surface area contributed by atoms with Crippen LogP contribution in [0.2, 0.25) is 10.0 Å². The standard InChI is InChI=1S/C23H26Cl2FN5O2/c1-13(21-18(24)3-4-19(26)22(21)25)33-20-9-15(11-30-23(20)28)16(10-27)12-29-17-5-7-31(8-6-17)14(2)32/h3-4,9-13,17,27,29H,5-8H2,1-2H3,(H2,28,30)/b16-12+,27-10?/t13-/m1/s1. The van der Waals surface area contributed by atoms with Crippen molar-refractivity contribution in [2.45, 2.75) is 38.8 Å². The fourth-order valence-corrected chi connectivity index (χ4v) is 4.33. The molecule has 1 aromatic heterocycles. The van der Waals surface area contributed by atoms with Crippen molar-refractivity contribution in [2.75, 3.05) is 18.8 Å². The second-order valence-corrected chi connectivity index (χ2v) is 8.60. The van der Waals surface area contributed by atoms with E-state index in [9.17, 15) is 9.18 Å². The number of nitrogens with two attached hydrogens (primary N) is 1. The highest BCUT2D eigenvalue weighted by atomic mass is 35.5. The third kappa shape index (κ3) is 5.94. The summed E-state index contributed by atoms with van der Waals surface area (Å²) in [5.74, 6) is -0.109. The molecule has 1 saturated heterocycles. The number of nitrogens with zero attached hydrogens (tertiary/aromatic N) is 2. The van der Waals surface area contributed by atoms with E-state index in [-0.39, 0.29) is 33.6 Å². The summed E-state index contributed by atoms with van der Waals surface area (Å²) >= 11 is 12.3. The number of likely N-dealkylation sites (tertiary alicyclic amines) is 1. The van der Waals surface area contributed by atoms with Crippen LogP contribution in [-0.2, 0) is 4.79 Å². The van der Waals surface area contributed by atoms with E-state index in [1.165, 1.54) is 18.3 Å². The molecule has 4 N–H and O–H groups in total. The van der Waals surface area contributed by atoms with Crippen molar-refractivity contribution < 1.29 is 13.9 Å². The fraction of sp³-hybridized carbons (Fsp3) is 0.348. The van der Waals surface area contributed by atoms with Gasteiger partial charge in [0.15, 0.2) is 11.6 Å². The molecule has 7 nitrogen and oxygen atoms in total. The van der Waals surface area contributed by atoms with Crippen LogP contribution >= 0.6 is 23.2 Å². The first kappa shape index (κ1) is 24.8. The van der Waals surface area contributed by atoms with Crippen LogP contribution in [0.15, 0.2) is 30.6 Å². The Labute approximate surface area is 202 Å². The number of ether oxygens (including phenoxy) is 1. The summed E-state index contributed by atoms with van der Waals surface area (Å²) in [5, 5.41) is 11.3. The van der Waals surface area contributed by atoms with Crippen LogP contribution in [-0.4, -0.2) is 41.1 Å². The quantitative estimate of drug-likeness (QED) is 0.378. The Balaban J connectivity index is 1.76. The molecule has 0 aliphatic carbocycles. The number of amides is 1. The molecule has 0 radical (unpaired) electrons. The highest BCUT2D eigenvalue weighted by molar-refractivity contribution is 6.36. The van der Waals surface area contributed by atoms with Crippen molar-refractivity contribution in [3.8, 4) is 5.75 Å². The van der Waals surface area contributed by atoms with Gasteiger partial charge in [-0.3, -0.25) is 4.79 Å². The Morgan fingerprint density at radius 1 is 1.39 bits per heavy atom. The number of piperidine rings is 1. The van der Waals surface area contributed by atoms with Crippen LogP contribution in [0.4, 0.5) is 10.2 Å². The minimum Gasteiger partial charge on any atom is -0.482 e. The molecule has 2 heterocycles. The number of benzene rings is 1. The average Bonchev–Trinajstić information content (AvgIpc) is 2.79. The SMILES string of the molecule is CC(=O)N1CCC(N/C=C(\C=N)c2cnc(N)c(O[C@H](C)c3c(Cl)ccc(F)c3Cl)c2)CC1. The Hall–Kier alpha value is -2.84. The zero-order valence-electron chi connectivity index (χ0n) is 18.4. The molecule has 0 spiro atoms. The van der Waals surface area contributed by atoms with Crippen LogP contribution < -0.4 is 15.8 Å². The number of carbonyl (C=O) groups excluding carboxylic acids is 1. The molecule has 10 heteroatoms. The van der Waals surface area contributed by atoms with E-state index >= 15 is 0 Å². The Morgan fingerprint density at radius 2 is 2.09 bits per heavy atom. The first-order valence-electron chi connectivity index (χ1n) is 10.5. The highest BCUT2D eigenvalue weighted by Gasteiger charge is 2.21. The normalized spacial score (nSPS) is 15.8. The molecular weight excluding hydrogens is 468 g/mol. The fourth-order valence-electron chi connectivity index (χ4n) is 3.65. The Bertz CT molecular complexity index is 1070. The number of halogens is 3. The van der Waals surface area contributed by atoms with E-state index in [1.807, 2.05) is 4.90 Å². The van der Waals surface area contributed by atoms with Gasteiger partial charge in [-0.25, -0.2) is 9.37 Å². The van der Waals surface area contributed by atoms with Gasteiger partial charge in [0.2, 0.25) is 5.91 Å². The summed E-state index contributed by atoms with van der Waals surface area (Å²) in [7, 11) is 0. The topological polar surface area (TPSA) is 104 Å². The number of nitrogens with one attached hydrogen (secondary N) is 2. The third-order valence-electron chi connectivity index (χ3n) is 5.58. The molecule has 1 amide bonds. The summed E-state index contributed by atoms with van der Waals surface area (Å²) in [6, 6.07) is 4.47. The van der Waals surface area contributed by atoms with Gasteiger partial charge in [-0.15, -0.1) is 0 Å². The first-order valence-corrected chi connectivity index (χ1v) is 11.2. The Kier molecular flexibility index (Phi) is 8.15. The van der Waals surface area contributed by atoms with Gasteiger partial charge >= 0.3 is 0 Å². The van der Waals surface area contributed by atoms with Gasteiger partial charge in [-0.1, -0.05) is 23.2 Å². The lowest BCUT2D eigenvalue weighted by Gasteiger charge is -2.31. The van der Waals surface area contributed by atoms with Crippen molar-refractivity contribution in [3.63, 3.8) is 0 Å². The predicted octanol–water partition coefficient (Wildman–Crippen LogP) is 4.84. The average molecular weight is 494 g/mol. The van der Waals surface area contributed by atoms with E-state index in [0.717, 1.165) is 12.8 Å². The molecule has 1 aliphatic rings. The maximum atomic E-state index is 13.9. The summed E-state index contributed by atoms with van der Waals surface area (Å²) in [4.78, 5) is 17.5. The minimum absolute atomic E-state index is 0.0831. The second-order valence-electron chi connectivity index (χ2n) is 7.82. The number of hydrogen-bond acceptors (Lipinski definition) is 6. The second kappa shape index (κ2) is 10.9. The van der Waals surface area contributed by atoms with E-state index in [0.29, 0.717) is 29.8 Å². The number of anilines is 1. The molecule has 0 unspecified atom stereocenters. The van der Waals surface area contributed by atoms with E-state index < -0.39 is 11.9 Å². The van der Waals surface area contributed by atoms with Crippen molar-refractivity contribution in [3.05, 3.63) is 57.6 Å². The number of aromatic nitrogens is 1. The highest BCUT2D eigenvalue weighted by Crippen LogP contribution is 2.36. The lowest BCUT2D eigenvalue weighted by Crippen LogP contribution is -2.42. The molecule has 1 atom stereocenters. The number of rotatable bonds is 7. The molecule has 1 fully saturated rings. The van der Waals surface area contributed by atoms with Crippen molar-refractivity contribution in [2.24, 2.45) is 0 Å². The number of allylic oxidation sites excluding steroid dienone is 1. The lowest BCUT2D eigenvalue weighted by molar-refractivity contribution is -0.129. The monoisotopic (exact) mass is 493 g/mol. The lowest BCUT2D eigenvalue weighted by atomic mass is 10.0. The number of nitrogen functional groups attached to an aromatic ring is 1. The Morgan fingerprint density at radius 3 is 2.73 bits per heavy atom. The molecule has 176 valence electrons. The summed E-state index contributed by atoms with van der Waals surface area (Å²) in [6.07, 6.45) is 5.45. The molecule has 0 bridgehead atoms. The van der Waals surface area contributed by atoms with Gasteiger partial charge in [0.25, 0.3) is 0 Å². The molecule has 33 heavy (non-hydrogen) atoms. The van der Waals surface area contributed by atoms with E-state index in [1.54, 1.807) is 32.3 Å². The van der Waals surface area contributed by atoms with Crippen LogP contribution in [0.5, 0.6) is 5.75 Å². The van der Waals surface area contributed by atoms with Gasteiger partial charge in [-0.05, 0) is 38.0 Å². The van der Waals surface area contributed by atoms with Gasteiger partial charge < -0.3 is 26.1 Å². The number of pyridine rings is 1. The zero-order chi connectivity index (χ0) is 24.1. The molecular formula is C23H26Cl2FN5O2. The van der Waals surface area contributed by atoms with Crippen LogP contribution in [0.25, 0.3) is 5.57 Å². The van der Waals surface area contributed by atoms with Crippen molar-refractivity contribution >= 4 is 46.7 Å². The molecule has 2 aromatic rings. The number of carbonyl (C=O) groups is 1. The molecule has 1 aromatic carbocycles. The third-order valence-corrected chi connectivity index (χ3v) is 6.29. The maximum absolute atomic E-state index is 13.9. The smallest absolute Gasteiger partial charge is 0.219 e. The molecule has 3 rings (SSSR count). The minimum atomic E-state index is -0.697. The van der Waals surface area contributed by atoms with Crippen molar-refractivity contribution in [1.29, 1.82) is 5.41 Å². The summed E-state index contributed by atoms with van der Waals surface area (Å²) in [5.41, 5.74) is 7.50. The molecule has 0 saturated carbocycles. The summed E-state index contributed by atoms with van der Waals surface area (Å²) in [6.45, 7) is 4.66. The zero-order valence-corrected chi connectivity index (χ0v) is 19.9.